The van der Waals surface area contributed by atoms with Gasteiger partial charge in [-0.2, -0.15) is 8.42 Å². The van der Waals surface area contributed by atoms with E-state index in [1.54, 1.807) is 26.1 Å². The summed E-state index contributed by atoms with van der Waals surface area (Å²) in [5.41, 5.74) is -0.177. The van der Waals surface area contributed by atoms with Crippen LogP contribution in [0.25, 0.3) is 10.3 Å². The number of nitrogens with zero attached hydrogens (tertiary/aromatic N) is 2. The minimum atomic E-state index is -3.82. The van der Waals surface area contributed by atoms with Crippen molar-refractivity contribution in [2.75, 3.05) is 11.9 Å². The summed E-state index contributed by atoms with van der Waals surface area (Å²) in [6, 6.07) is 1.28. The number of nitrogens with one attached hydrogen (secondary N) is 3. The van der Waals surface area contributed by atoms with Crippen LogP contribution in [0.5, 0.6) is 0 Å². The van der Waals surface area contributed by atoms with Crippen molar-refractivity contribution in [3.05, 3.63) is 16.7 Å². The molecule has 0 spiro atoms. The Kier molecular flexibility index (Phi) is 5.20. The van der Waals surface area contributed by atoms with Crippen LogP contribution in [-0.2, 0) is 10.2 Å². The lowest BCUT2D eigenvalue weighted by Gasteiger charge is -2.25. The van der Waals surface area contributed by atoms with E-state index >= 15 is 0 Å². The fourth-order valence-corrected chi connectivity index (χ4v) is 3.28. The van der Waals surface area contributed by atoms with E-state index in [1.165, 1.54) is 11.3 Å². The second-order valence-corrected chi connectivity index (χ2v) is 8.60. The van der Waals surface area contributed by atoms with Crippen LogP contribution in [0.15, 0.2) is 16.7 Å². The van der Waals surface area contributed by atoms with Crippen molar-refractivity contribution in [3.8, 4) is 0 Å². The molecule has 0 unspecified atom stereocenters. The van der Waals surface area contributed by atoms with E-state index in [4.69, 9.17) is 5.14 Å². The Bertz CT molecular complexity index is 835. The molecular weight excluding hydrogens is 408 g/mol. The van der Waals surface area contributed by atoms with Gasteiger partial charge in [-0.05, 0) is 35.8 Å². The van der Waals surface area contributed by atoms with E-state index in [0.29, 0.717) is 15.5 Å². The van der Waals surface area contributed by atoms with Crippen molar-refractivity contribution in [3.63, 3.8) is 0 Å². The highest BCUT2D eigenvalue weighted by atomic mass is 79.9. The number of urea groups is 1. The first-order chi connectivity index (χ1) is 10.5. The van der Waals surface area contributed by atoms with Gasteiger partial charge in [0, 0.05) is 22.8 Å². The predicted molar refractivity (Wildman–Crippen MR) is 92.5 cm³/mol. The number of nitrogens with two attached hydrogens (primary N) is 1. The van der Waals surface area contributed by atoms with E-state index in [1.807, 2.05) is 0 Å². The van der Waals surface area contributed by atoms with Crippen LogP contribution >= 0.6 is 27.3 Å². The molecule has 2 heterocycles. The molecule has 2 aromatic rings. The normalized spacial score (nSPS) is 12.3. The minimum Gasteiger partial charge on any atom is -0.332 e. The average Bonchev–Trinajstić information content (AvgIpc) is 2.76. The molecule has 0 aliphatic rings. The third-order valence-electron chi connectivity index (χ3n) is 2.60. The van der Waals surface area contributed by atoms with Gasteiger partial charge in [-0.3, -0.25) is 5.32 Å². The van der Waals surface area contributed by atoms with E-state index in [9.17, 15) is 13.2 Å². The summed E-state index contributed by atoms with van der Waals surface area (Å²) in [7, 11) is -3.82. The monoisotopic (exact) mass is 422 g/mol. The highest BCUT2D eigenvalue weighted by molar-refractivity contribution is 9.10. The van der Waals surface area contributed by atoms with E-state index in [2.05, 4.69) is 41.3 Å². The molecule has 2 rings (SSSR count). The second kappa shape index (κ2) is 6.65. The van der Waals surface area contributed by atoms with Crippen molar-refractivity contribution in [2.24, 2.45) is 5.14 Å². The maximum atomic E-state index is 12.0. The minimum absolute atomic E-state index is 0.0480. The third-order valence-corrected chi connectivity index (χ3v) is 4.48. The number of anilines is 1. The molecule has 2 aromatic heterocycles. The molecule has 0 saturated heterocycles. The largest absolute Gasteiger partial charge is 0.332 e. The molecule has 0 bridgehead atoms. The number of rotatable bonds is 5. The SMILES string of the molecule is CC(C)(CNS(N)(=O)=O)NC(=O)Nc1nc2cc(Br)cnc2s1. The zero-order valence-electron chi connectivity index (χ0n) is 12.3. The molecule has 23 heavy (non-hydrogen) atoms. The first-order valence-corrected chi connectivity index (χ1v) is 9.48. The maximum Gasteiger partial charge on any atom is 0.321 e. The van der Waals surface area contributed by atoms with Gasteiger partial charge in [0.2, 0.25) is 0 Å². The van der Waals surface area contributed by atoms with E-state index in [-0.39, 0.29) is 6.54 Å². The zero-order chi connectivity index (χ0) is 17.3. The number of pyridine rings is 1. The molecule has 0 atom stereocenters. The van der Waals surface area contributed by atoms with Crippen molar-refractivity contribution < 1.29 is 13.2 Å². The molecule has 0 fully saturated rings. The summed E-state index contributed by atoms with van der Waals surface area (Å²) in [4.78, 5) is 21.1. The maximum absolute atomic E-state index is 12.0. The number of carbonyl (C=O) groups excluding carboxylic acids is 1. The molecular formula is C11H15BrN6O3S2. The Hall–Kier alpha value is -1.34. The number of halogens is 1. The van der Waals surface area contributed by atoms with Gasteiger partial charge < -0.3 is 5.32 Å². The van der Waals surface area contributed by atoms with Gasteiger partial charge in [0.1, 0.15) is 10.3 Å². The molecule has 9 nitrogen and oxygen atoms in total. The zero-order valence-corrected chi connectivity index (χ0v) is 15.5. The van der Waals surface area contributed by atoms with E-state index in [0.717, 1.165) is 4.47 Å². The summed E-state index contributed by atoms with van der Waals surface area (Å²) in [5.74, 6) is 0. The lowest BCUT2D eigenvalue weighted by Crippen LogP contribution is -2.53. The van der Waals surface area contributed by atoms with Crippen LogP contribution in [0.3, 0.4) is 0 Å². The van der Waals surface area contributed by atoms with Gasteiger partial charge in [0.15, 0.2) is 5.13 Å². The average molecular weight is 423 g/mol. The van der Waals surface area contributed by atoms with Crippen molar-refractivity contribution in [2.45, 2.75) is 19.4 Å². The van der Waals surface area contributed by atoms with Gasteiger partial charge in [0.25, 0.3) is 10.2 Å². The Morgan fingerprint density at radius 2 is 2.17 bits per heavy atom. The first kappa shape index (κ1) is 18.0. The number of hydrogen-bond donors (Lipinski definition) is 4. The standard InChI is InChI=1S/C11H15BrN6O3S2/c1-11(2,5-15-23(13,20)21)18-9(19)17-10-16-7-3-6(12)4-14-8(7)22-10/h3-4,15H,5H2,1-2H3,(H2,13,20,21)(H2,16,17,18,19). The molecule has 0 aliphatic heterocycles. The number of carbonyl (C=O) groups is 1. The summed E-state index contributed by atoms with van der Waals surface area (Å²) in [6.45, 7) is 3.26. The topological polar surface area (TPSA) is 139 Å². The van der Waals surface area contributed by atoms with Crippen molar-refractivity contribution in [1.82, 2.24) is 20.0 Å². The number of hydrogen-bond acceptors (Lipinski definition) is 6. The molecule has 12 heteroatoms. The van der Waals surface area contributed by atoms with Crippen molar-refractivity contribution in [1.29, 1.82) is 0 Å². The molecule has 0 saturated carbocycles. The summed E-state index contributed by atoms with van der Waals surface area (Å²) >= 11 is 4.53. The van der Waals surface area contributed by atoms with Gasteiger partial charge in [-0.15, -0.1) is 0 Å². The first-order valence-electron chi connectivity index (χ1n) is 6.33. The van der Waals surface area contributed by atoms with Crippen LogP contribution in [-0.4, -0.2) is 36.5 Å². The molecule has 126 valence electrons. The van der Waals surface area contributed by atoms with Crippen LogP contribution in [0.2, 0.25) is 0 Å². The van der Waals surface area contributed by atoms with E-state index < -0.39 is 21.8 Å². The summed E-state index contributed by atoms with van der Waals surface area (Å²) in [6.07, 6.45) is 1.65. The number of thiazole rings is 1. The van der Waals surface area contributed by atoms with Crippen LogP contribution in [0.1, 0.15) is 13.8 Å². The van der Waals surface area contributed by atoms with Crippen LogP contribution in [0.4, 0.5) is 9.93 Å². The highest BCUT2D eigenvalue weighted by Crippen LogP contribution is 2.25. The molecule has 0 radical (unpaired) electrons. The second-order valence-electron chi connectivity index (χ2n) is 5.33. The summed E-state index contributed by atoms with van der Waals surface area (Å²) < 4.78 is 24.7. The van der Waals surface area contributed by atoms with Crippen molar-refractivity contribution >= 4 is 59.0 Å². The number of amides is 2. The van der Waals surface area contributed by atoms with Crippen LogP contribution < -0.4 is 20.5 Å². The lowest BCUT2D eigenvalue weighted by molar-refractivity contribution is 0.241. The van der Waals surface area contributed by atoms with Gasteiger partial charge in [-0.1, -0.05) is 11.3 Å². The molecule has 5 N–H and O–H groups in total. The van der Waals surface area contributed by atoms with Gasteiger partial charge in [0.05, 0.1) is 0 Å². The lowest BCUT2D eigenvalue weighted by atomic mass is 10.1. The van der Waals surface area contributed by atoms with Crippen LogP contribution in [0, 0.1) is 0 Å². The Morgan fingerprint density at radius 1 is 1.48 bits per heavy atom. The Balaban J connectivity index is 2.00. The quantitative estimate of drug-likeness (QED) is 0.571. The number of aromatic nitrogens is 2. The third kappa shape index (κ3) is 5.66. The fourth-order valence-electron chi connectivity index (χ4n) is 1.61. The predicted octanol–water partition coefficient (Wildman–Crippen LogP) is 1.15. The Morgan fingerprint density at radius 3 is 2.83 bits per heavy atom. The van der Waals surface area contributed by atoms with Gasteiger partial charge >= 0.3 is 6.03 Å². The fraction of sp³-hybridized carbons (Fsp3) is 0.364. The molecule has 2 amide bonds. The smallest absolute Gasteiger partial charge is 0.321 e. The number of fused-ring (bicyclic) bond motifs is 1. The summed E-state index contributed by atoms with van der Waals surface area (Å²) in [5, 5.41) is 10.5. The Labute approximate surface area is 145 Å². The molecule has 0 aromatic carbocycles. The highest BCUT2D eigenvalue weighted by Gasteiger charge is 2.22. The van der Waals surface area contributed by atoms with Gasteiger partial charge in [-0.25, -0.2) is 24.6 Å². The molecule has 0 aliphatic carbocycles.